The molecule has 1 aromatic carbocycles. The van der Waals surface area contributed by atoms with Gasteiger partial charge in [0.25, 0.3) is 0 Å². The van der Waals surface area contributed by atoms with Crippen molar-refractivity contribution in [3.8, 4) is 0 Å². The fourth-order valence-corrected chi connectivity index (χ4v) is 4.32. The van der Waals surface area contributed by atoms with Crippen LogP contribution in [-0.2, 0) is 18.6 Å². The van der Waals surface area contributed by atoms with Gasteiger partial charge in [0.05, 0.1) is 0 Å². The molecule has 2 atom stereocenters. The maximum absolute atomic E-state index is 6.34. The summed E-state index contributed by atoms with van der Waals surface area (Å²) in [7, 11) is 0. The first kappa shape index (κ1) is 15.9. The number of nitrogens with one attached hydrogen (secondary N) is 2. The van der Waals surface area contributed by atoms with Gasteiger partial charge in [-0.3, -0.25) is 11.2 Å². The van der Waals surface area contributed by atoms with E-state index in [-0.39, 0.29) is 0 Å². The summed E-state index contributed by atoms with van der Waals surface area (Å²) in [6.07, 6.45) is 8.91. The highest BCUT2D eigenvalue weighted by Crippen LogP contribution is 2.29. The molecular formula is C18H28N6. The summed E-state index contributed by atoms with van der Waals surface area (Å²) >= 11 is 0. The number of rotatable bonds is 2. The summed E-state index contributed by atoms with van der Waals surface area (Å²) < 4.78 is 0. The third kappa shape index (κ3) is 3.01. The van der Waals surface area contributed by atoms with Crippen LogP contribution in [0.4, 0.5) is 0 Å². The summed E-state index contributed by atoms with van der Waals surface area (Å²) in [6, 6.07) is 7.25. The molecule has 2 aliphatic heterocycles. The molecule has 6 N–H and O–H groups in total. The Morgan fingerprint density at radius 2 is 1.83 bits per heavy atom. The summed E-state index contributed by atoms with van der Waals surface area (Å²) in [4.78, 5) is 7.01. The van der Waals surface area contributed by atoms with Gasteiger partial charge < -0.3 is 10.6 Å². The minimum absolute atomic E-state index is 0.331. The van der Waals surface area contributed by atoms with Crippen molar-refractivity contribution in [3.63, 3.8) is 0 Å². The Hall–Kier alpha value is -1.63. The van der Waals surface area contributed by atoms with Gasteiger partial charge in [0.1, 0.15) is 0 Å². The zero-order chi connectivity index (χ0) is 16.6. The van der Waals surface area contributed by atoms with E-state index in [9.17, 15) is 0 Å². The van der Waals surface area contributed by atoms with Crippen molar-refractivity contribution in [1.29, 1.82) is 0 Å². The summed E-state index contributed by atoms with van der Waals surface area (Å²) in [5.74, 6) is -0.630. The number of aliphatic imine (C=N–C) groups is 1. The predicted octanol–water partition coefficient (Wildman–Crippen LogP) is 0.911. The number of guanidine groups is 1. The van der Waals surface area contributed by atoms with Crippen LogP contribution in [0.25, 0.3) is 0 Å². The Morgan fingerprint density at radius 3 is 2.54 bits per heavy atom. The van der Waals surface area contributed by atoms with Crippen LogP contribution in [0.2, 0.25) is 0 Å². The molecule has 0 spiro atoms. The summed E-state index contributed by atoms with van der Waals surface area (Å²) in [5, 5.41) is 0. The lowest BCUT2D eigenvalue weighted by Crippen LogP contribution is -2.50. The Balaban J connectivity index is 1.52. The molecule has 2 unspecified atom stereocenters. The molecule has 6 nitrogen and oxygen atoms in total. The number of piperidine rings is 1. The first-order valence-corrected chi connectivity index (χ1v) is 9.18. The number of aryl methyl sites for hydroxylation is 2. The molecule has 1 aromatic rings. The Morgan fingerprint density at radius 1 is 1.08 bits per heavy atom. The second-order valence-corrected chi connectivity index (χ2v) is 7.32. The van der Waals surface area contributed by atoms with Gasteiger partial charge in [-0.2, -0.15) is 5.43 Å². The third-order valence-corrected chi connectivity index (χ3v) is 5.73. The average molecular weight is 328 g/mol. The van der Waals surface area contributed by atoms with E-state index in [4.69, 9.17) is 11.5 Å². The minimum Gasteiger partial charge on any atom is -0.369 e. The van der Waals surface area contributed by atoms with Crippen LogP contribution in [0, 0.1) is 0 Å². The molecule has 0 saturated carbocycles. The van der Waals surface area contributed by atoms with E-state index >= 15 is 0 Å². The molecule has 4 rings (SSSR count). The van der Waals surface area contributed by atoms with E-state index < -0.39 is 5.79 Å². The average Bonchev–Trinajstić information content (AvgIpc) is 2.83. The third-order valence-electron chi connectivity index (χ3n) is 5.73. The fraction of sp³-hybridized carbons (Fsp3) is 0.611. The van der Waals surface area contributed by atoms with E-state index in [1.165, 1.54) is 56.3 Å². The Kier molecular flexibility index (Phi) is 4.20. The first-order valence-electron chi connectivity index (χ1n) is 9.18. The number of hydrogen-bond acceptors (Lipinski definition) is 6. The molecule has 0 aromatic heterocycles. The second kappa shape index (κ2) is 6.35. The van der Waals surface area contributed by atoms with Gasteiger partial charge in [0.15, 0.2) is 0 Å². The summed E-state index contributed by atoms with van der Waals surface area (Å²) in [6.45, 7) is 2.56. The van der Waals surface area contributed by atoms with E-state index in [2.05, 4.69) is 38.9 Å². The number of benzene rings is 1. The molecule has 0 bridgehead atoms. The SMILES string of the molecule is NC1=NC(N)(c2ccc3c(c2)CCC(N2CCCCC2)CC3)NN1. The van der Waals surface area contributed by atoms with Crippen LogP contribution >= 0.6 is 0 Å². The van der Waals surface area contributed by atoms with Gasteiger partial charge in [-0.1, -0.05) is 24.6 Å². The van der Waals surface area contributed by atoms with E-state index in [1.807, 2.05) is 0 Å². The normalized spacial score (nSPS) is 31.0. The number of likely N-dealkylation sites (tertiary alicyclic amines) is 1. The number of nitrogens with two attached hydrogens (primary N) is 2. The second-order valence-electron chi connectivity index (χ2n) is 7.32. The maximum Gasteiger partial charge on any atom is 0.209 e. The van der Waals surface area contributed by atoms with Crippen molar-refractivity contribution in [1.82, 2.24) is 15.8 Å². The standard InChI is InChI=1S/C18H28N6/c19-17-21-18(20,23-22-17)15-7-4-13-5-8-16(9-6-14(13)12-15)24-10-2-1-3-11-24/h4,7,12,16,23H,1-3,5-6,8-11,20H2,(H3,19,21,22). The highest BCUT2D eigenvalue weighted by atomic mass is 15.6. The van der Waals surface area contributed by atoms with Crippen molar-refractivity contribution < 1.29 is 0 Å². The van der Waals surface area contributed by atoms with Crippen molar-refractivity contribution in [3.05, 3.63) is 34.9 Å². The summed E-state index contributed by atoms with van der Waals surface area (Å²) in [5.41, 5.74) is 21.7. The number of nitrogens with zero attached hydrogens (tertiary/aromatic N) is 2. The van der Waals surface area contributed by atoms with Crippen LogP contribution in [0.3, 0.4) is 0 Å². The lowest BCUT2D eigenvalue weighted by Gasteiger charge is -2.34. The first-order chi connectivity index (χ1) is 11.6. The number of hydrogen-bond donors (Lipinski definition) is 4. The smallest absolute Gasteiger partial charge is 0.209 e. The fourth-order valence-electron chi connectivity index (χ4n) is 4.32. The van der Waals surface area contributed by atoms with E-state index in [0.717, 1.165) is 24.4 Å². The van der Waals surface area contributed by atoms with E-state index in [0.29, 0.717) is 5.96 Å². The van der Waals surface area contributed by atoms with Crippen molar-refractivity contribution >= 4 is 5.96 Å². The van der Waals surface area contributed by atoms with Crippen molar-refractivity contribution in [2.45, 2.75) is 56.8 Å². The predicted molar refractivity (Wildman–Crippen MR) is 96.1 cm³/mol. The topological polar surface area (TPSA) is 91.7 Å². The van der Waals surface area contributed by atoms with Crippen LogP contribution in [-0.4, -0.2) is 30.0 Å². The molecule has 2 heterocycles. The van der Waals surface area contributed by atoms with E-state index in [1.54, 1.807) is 0 Å². The molecule has 0 amide bonds. The Labute approximate surface area is 143 Å². The molecule has 1 saturated heterocycles. The minimum atomic E-state index is -0.961. The molecule has 6 heteroatoms. The lowest BCUT2D eigenvalue weighted by molar-refractivity contribution is 0.150. The van der Waals surface area contributed by atoms with Crippen LogP contribution in [0.5, 0.6) is 0 Å². The highest BCUT2D eigenvalue weighted by molar-refractivity contribution is 5.79. The van der Waals surface area contributed by atoms with Crippen molar-refractivity contribution in [2.24, 2.45) is 16.5 Å². The monoisotopic (exact) mass is 328 g/mol. The van der Waals surface area contributed by atoms with Crippen LogP contribution in [0.15, 0.2) is 23.2 Å². The van der Waals surface area contributed by atoms with Crippen LogP contribution < -0.4 is 22.3 Å². The van der Waals surface area contributed by atoms with Gasteiger partial charge in [-0.25, -0.2) is 4.99 Å². The number of hydrazine groups is 1. The van der Waals surface area contributed by atoms with Gasteiger partial charge in [0, 0.05) is 11.6 Å². The van der Waals surface area contributed by atoms with Crippen molar-refractivity contribution in [2.75, 3.05) is 13.1 Å². The lowest BCUT2D eigenvalue weighted by atomic mass is 9.97. The molecule has 130 valence electrons. The largest absolute Gasteiger partial charge is 0.369 e. The van der Waals surface area contributed by atoms with Gasteiger partial charge in [0.2, 0.25) is 11.7 Å². The molecule has 24 heavy (non-hydrogen) atoms. The highest BCUT2D eigenvalue weighted by Gasteiger charge is 2.32. The van der Waals surface area contributed by atoms with Crippen LogP contribution in [0.1, 0.15) is 48.8 Å². The zero-order valence-electron chi connectivity index (χ0n) is 14.2. The van der Waals surface area contributed by atoms with Gasteiger partial charge in [-0.15, -0.1) is 0 Å². The quantitative estimate of drug-likeness (QED) is 0.606. The Bertz CT molecular complexity index is 636. The zero-order valence-corrected chi connectivity index (χ0v) is 14.2. The molecule has 3 aliphatic rings. The molecular weight excluding hydrogens is 300 g/mol. The molecule has 1 aliphatic carbocycles. The molecule has 1 fully saturated rings. The maximum atomic E-state index is 6.34. The van der Waals surface area contributed by atoms with Gasteiger partial charge >= 0.3 is 0 Å². The molecule has 0 radical (unpaired) electrons. The van der Waals surface area contributed by atoms with Gasteiger partial charge in [-0.05, 0) is 62.7 Å². The number of fused-ring (bicyclic) bond motifs is 1.